The van der Waals surface area contributed by atoms with Gasteiger partial charge in [0.2, 0.25) is 0 Å². The molecule has 0 aromatic heterocycles. The van der Waals surface area contributed by atoms with Crippen molar-refractivity contribution in [3.8, 4) is 5.75 Å². The molecule has 0 bridgehead atoms. The molecule has 3 N–H and O–H groups in total. The zero-order valence-electron chi connectivity index (χ0n) is 7.56. The van der Waals surface area contributed by atoms with Crippen molar-refractivity contribution in [1.29, 1.82) is 0 Å². The van der Waals surface area contributed by atoms with E-state index in [1.807, 2.05) is 0 Å². The van der Waals surface area contributed by atoms with Crippen molar-refractivity contribution in [3.63, 3.8) is 0 Å². The molecule has 1 aliphatic carbocycles. The fourth-order valence-electron chi connectivity index (χ4n) is 1.82. The average Bonchev–Trinajstić information content (AvgIpc) is 2.09. The van der Waals surface area contributed by atoms with Gasteiger partial charge in [0.05, 0.1) is 10.6 Å². The van der Waals surface area contributed by atoms with Crippen LogP contribution in [-0.4, -0.2) is 5.11 Å². The molecular formula is C10H11ClFNO. The molecule has 0 heterocycles. The minimum Gasteiger partial charge on any atom is -0.506 e. The highest BCUT2D eigenvalue weighted by Crippen LogP contribution is 2.45. The lowest BCUT2D eigenvalue weighted by Crippen LogP contribution is -2.44. The van der Waals surface area contributed by atoms with Crippen LogP contribution >= 0.6 is 11.6 Å². The Bertz CT molecular complexity index is 377. The van der Waals surface area contributed by atoms with Crippen LogP contribution in [-0.2, 0) is 5.54 Å². The van der Waals surface area contributed by atoms with E-state index in [-0.39, 0.29) is 16.3 Å². The molecule has 0 atom stereocenters. The fourth-order valence-corrected chi connectivity index (χ4v) is 1.98. The minimum atomic E-state index is -0.723. The van der Waals surface area contributed by atoms with Gasteiger partial charge in [-0.05, 0) is 31.4 Å². The lowest BCUT2D eigenvalue weighted by Gasteiger charge is -2.39. The molecule has 0 amide bonds. The highest BCUT2D eigenvalue weighted by atomic mass is 35.5. The van der Waals surface area contributed by atoms with Crippen LogP contribution in [0.15, 0.2) is 12.1 Å². The summed E-state index contributed by atoms with van der Waals surface area (Å²) in [6.45, 7) is 0. The first kappa shape index (κ1) is 9.74. The normalized spacial score (nSPS) is 19.1. The first-order valence-corrected chi connectivity index (χ1v) is 4.89. The summed E-state index contributed by atoms with van der Waals surface area (Å²) in [6.07, 6.45) is 2.34. The summed E-state index contributed by atoms with van der Waals surface area (Å²) in [6, 6.07) is 2.57. The van der Waals surface area contributed by atoms with E-state index >= 15 is 0 Å². The van der Waals surface area contributed by atoms with Crippen molar-refractivity contribution < 1.29 is 9.50 Å². The zero-order valence-corrected chi connectivity index (χ0v) is 8.31. The molecule has 4 heteroatoms. The van der Waals surface area contributed by atoms with Gasteiger partial charge in [0.1, 0.15) is 11.6 Å². The molecule has 0 unspecified atom stereocenters. The second-order valence-electron chi connectivity index (χ2n) is 3.76. The van der Waals surface area contributed by atoms with Crippen LogP contribution in [0, 0.1) is 5.82 Å². The molecule has 2 nitrogen and oxygen atoms in total. The quantitative estimate of drug-likeness (QED) is 0.756. The molecule has 1 aliphatic rings. The van der Waals surface area contributed by atoms with Gasteiger partial charge < -0.3 is 10.8 Å². The molecule has 1 saturated carbocycles. The lowest BCUT2D eigenvalue weighted by molar-refractivity contribution is 0.236. The molecule has 0 saturated heterocycles. The first-order chi connectivity index (χ1) is 6.54. The van der Waals surface area contributed by atoms with Gasteiger partial charge >= 0.3 is 0 Å². The number of aromatic hydroxyl groups is 1. The Hall–Kier alpha value is -0.800. The number of hydrogen-bond donors (Lipinski definition) is 2. The minimum absolute atomic E-state index is 0.151. The van der Waals surface area contributed by atoms with E-state index in [2.05, 4.69) is 0 Å². The number of benzene rings is 1. The van der Waals surface area contributed by atoms with E-state index in [1.54, 1.807) is 0 Å². The summed E-state index contributed by atoms with van der Waals surface area (Å²) in [5.74, 6) is -0.692. The third-order valence-electron chi connectivity index (χ3n) is 2.82. The standard InChI is InChI=1S/C10H11ClFNO/c11-6-2-3-7(12)8(9(6)14)10(13)4-1-5-10/h2-3,14H,1,4-5,13H2. The maximum Gasteiger partial charge on any atom is 0.142 e. The second-order valence-corrected chi connectivity index (χ2v) is 4.17. The number of nitrogens with two attached hydrogens (primary N) is 1. The van der Waals surface area contributed by atoms with Gasteiger partial charge in [-0.15, -0.1) is 0 Å². The molecule has 1 fully saturated rings. The maximum atomic E-state index is 13.4. The third-order valence-corrected chi connectivity index (χ3v) is 3.13. The SMILES string of the molecule is NC1(c2c(F)ccc(Cl)c2O)CCC1. The van der Waals surface area contributed by atoms with Crippen molar-refractivity contribution in [2.24, 2.45) is 5.73 Å². The number of phenolic OH excluding ortho intramolecular Hbond substituents is 1. The van der Waals surface area contributed by atoms with Crippen LogP contribution in [0.1, 0.15) is 24.8 Å². The Labute approximate surface area is 86.5 Å². The van der Waals surface area contributed by atoms with Gasteiger partial charge in [-0.1, -0.05) is 11.6 Å². The molecule has 76 valence electrons. The molecule has 0 spiro atoms. The van der Waals surface area contributed by atoms with Crippen LogP contribution in [0.25, 0.3) is 0 Å². The van der Waals surface area contributed by atoms with Crippen molar-refractivity contribution in [3.05, 3.63) is 28.5 Å². The van der Waals surface area contributed by atoms with Crippen molar-refractivity contribution >= 4 is 11.6 Å². The Morgan fingerprint density at radius 2 is 2.07 bits per heavy atom. The van der Waals surface area contributed by atoms with E-state index < -0.39 is 11.4 Å². The summed E-state index contributed by atoms with van der Waals surface area (Å²) in [7, 11) is 0. The van der Waals surface area contributed by atoms with Crippen LogP contribution in [0.2, 0.25) is 5.02 Å². The Balaban J connectivity index is 2.56. The fraction of sp³-hybridized carbons (Fsp3) is 0.400. The molecule has 1 aromatic carbocycles. The summed E-state index contributed by atoms with van der Waals surface area (Å²) in [5, 5.41) is 9.78. The first-order valence-electron chi connectivity index (χ1n) is 4.51. The van der Waals surface area contributed by atoms with Gasteiger partial charge in [0.15, 0.2) is 0 Å². The zero-order chi connectivity index (χ0) is 10.3. The summed E-state index contributed by atoms with van der Waals surface area (Å²) >= 11 is 5.70. The topological polar surface area (TPSA) is 46.2 Å². The Kier molecular flexibility index (Phi) is 2.16. The van der Waals surface area contributed by atoms with Crippen LogP contribution in [0.5, 0.6) is 5.75 Å². The molecule has 0 radical (unpaired) electrons. The van der Waals surface area contributed by atoms with Crippen molar-refractivity contribution in [1.82, 2.24) is 0 Å². The van der Waals surface area contributed by atoms with Gasteiger partial charge in [-0.3, -0.25) is 0 Å². The van der Waals surface area contributed by atoms with Crippen molar-refractivity contribution in [2.45, 2.75) is 24.8 Å². The second kappa shape index (κ2) is 3.11. The average molecular weight is 216 g/mol. The van der Waals surface area contributed by atoms with E-state index in [9.17, 15) is 9.50 Å². The van der Waals surface area contributed by atoms with Gasteiger partial charge in [-0.25, -0.2) is 4.39 Å². The van der Waals surface area contributed by atoms with E-state index in [0.29, 0.717) is 12.8 Å². The summed E-state index contributed by atoms with van der Waals surface area (Å²) in [4.78, 5) is 0. The highest BCUT2D eigenvalue weighted by molar-refractivity contribution is 6.32. The third kappa shape index (κ3) is 1.28. The smallest absolute Gasteiger partial charge is 0.142 e. The molecule has 0 aliphatic heterocycles. The maximum absolute atomic E-state index is 13.4. The number of phenols is 1. The molecular weight excluding hydrogens is 205 g/mol. The number of halogens is 2. The molecule has 1 aromatic rings. The monoisotopic (exact) mass is 215 g/mol. The molecule has 14 heavy (non-hydrogen) atoms. The lowest BCUT2D eigenvalue weighted by atomic mass is 9.72. The van der Waals surface area contributed by atoms with Gasteiger partial charge in [0, 0.05) is 5.54 Å². The van der Waals surface area contributed by atoms with Gasteiger partial charge in [0.25, 0.3) is 0 Å². The Morgan fingerprint density at radius 3 is 2.57 bits per heavy atom. The molecule has 2 rings (SSSR count). The summed E-state index contributed by atoms with van der Waals surface area (Å²) in [5.41, 5.74) is 5.38. The van der Waals surface area contributed by atoms with Gasteiger partial charge in [-0.2, -0.15) is 0 Å². The Morgan fingerprint density at radius 1 is 1.43 bits per heavy atom. The van der Waals surface area contributed by atoms with E-state index in [1.165, 1.54) is 12.1 Å². The van der Waals surface area contributed by atoms with Crippen LogP contribution in [0.4, 0.5) is 4.39 Å². The van der Waals surface area contributed by atoms with Crippen LogP contribution < -0.4 is 5.73 Å². The highest BCUT2D eigenvalue weighted by Gasteiger charge is 2.39. The number of rotatable bonds is 1. The number of hydrogen-bond acceptors (Lipinski definition) is 2. The van der Waals surface area contributed by atoms with E-state index in [0.717, 1.165) is 6.42 Å². The summed E-state index contributed by atoms with van der Waals surface area (Å²) < 4.78 is 13.4. The van der Waals surface area contributed by atoms with Crippen LogP contribution in [0.3, 0.4) is 0 Å². The predicted molar refractivity (Wildman–Crippen MR) is 52.8 cm³/mol. The predicted octanol–water partition coefficient (Wildman–Crippen LogP) is 2.52. The largest absolute Gasteiger partial charge is 0.506 e. The van der Waals surface area contributed by atoms with E-state index in [4.69, 9.17) is 17.3 Å². The van der Waals surface area contributed by atoms with Crippen molar-refractivity contribution in [2.75, 3.05) is 0 Å².